The van der Waals surface area contributed by atoms with Crippen LogP contribution in [0.1, 0.15) is 66.2 Å². The highest BCUT2D eigenvalue weighted by Crippen LogP contribution is 2.10. The van der Waals surface area contributed by atoms with Gasteiger partial charge in [0.25, 0.3) is 11.8 Å². The number of nitrogens with zero attached hydrogens (tertiary/aromatic N) is 1. The minimum absolute atomic E-state index is 0.147. The summed E-state index contributed by atoms with van der Waals surface area (Å²) in [5.74, 6) is -2.56. The minimum Gasteiger partial charge on any atom is -0.352 e. The maximum Gasteiger partial charge on any atom is 0.312 e. The van der Waals surface area contributed by atoms with Crippen LogP contribution in [-0.2, 0) is 28.8 Å². The van der Waals surface area contributed by atoms with Gasteiger partial charge in [-0.25, -0.2) is 4.79 Å². The zero-order chi connectivity index (χ0) is 30.4. The highest BCUT2D eigenvalue weighted by atomic mass is 16.2. The fourth-order valence-corrected chi connectivity index (χ4v) is 4.20. The van der Waals surface area contributed by atoms with Gasteiger partial charge < -0.3 is 31.8 Å². The Morgan fingerprint density at radius 3 is 1.95 bits per heavy atom. The van der Waals surface area contributed by atoms with Crippen LogP contribution >= 0.6 is 0 Å². The van der Waals surface area contributed by atoms with Gasteiger partial charge in [0, 0.05) is 31.7 Å². The van der Waals surface area contributed by atoms with E-state index in [1.807, 2.05) is 0 Å². The summed E-state index contributed by atoms with van der Waals surface area (Å²) in [6.45, 7) is 7.59. The first-order chi connectivity index (χ1) is 18.7. The number of primary amides is 1. The molecule has 1 aliphatic heterocycles. The van der Waals surface area contributed by atoms with Gasteiger partial charge in [0.05, 0.1) is 6.04 Å². The molecule has 0 radical (unpaired) electrons. The summed E-state index contributed by atoms with van der Waals surface area (Å²) in [5.41, 5.74) is 4.87. The van der Waals surface area contributed by atoms with Gasteiger partial charge in [-0.3, -0.25) is 28.9 Å². The minimum atomic E-state index is -1.01. The van der Waals surface area contributed by atoms with Crippen LogP contribution in [0.3, 0.4) is 0 Å². The maximum absolute atomic E-state index is 13.2. The molecule has 1 heterocycles. The quantitative estimate of drug-likeness (QED) is 0.0789. The molecule has 6 N–H and O–H groups in total. The highest BCUT2D eigenvalue weighted by Gasteiger charge is 2.30. The highest BCUT2D eigenvalue weighted by molar-refractivity contribution is 6.59. The van der Waals surface area contributed by atoms with Crippen molar-refractivity contribution in [3.63, 3.8) is 0 Å². The van der Waals surface area contributed by atoms with Gasteiger partial charge in [-0.05, 0) is 37.5 Å². The molecule has 7 amide bonds. The third kappa shape index (κ3) is 12.0. The molecule has 3 atom stereocenters. The number of amides is 7. The Morgan fingerprint density at radius 1 is 0.825 bits per heavy atom. The van der Waals surface area contributed by atoms with Crippen molar-refractivity contribution in [3.8, 4) is 0 Å². The lowest BCUT2D eigenvalue weighted by Gasteiger charge is -2.27. The molecule has 14 heteroatoms. The monoisotopic (exact) mass is 562 g/mol. The molecule has 13 nitrogen and oxygen atoms in total. The number of urea groups is 1. The van der Waals surface area contributed by atoms with E-state index >= 15 is 0 Å². The second kappa shape index (κ2) is 17.1. The van der Waals surface area contributed by atoms with Gasteiger partial charge in [0.1, 0.15) is 17.8 Å². The van der Waals surface area contributed by atoms with Crippen LogP contribution in [-0.4, -0.2) is 85.2 Å². The third-order valence-electron chi connectivity index (χ3n) is 6.46. The molecule has 222 valence electrons. The van der Waals surface area contributed by atoms with Gasteiger partial charge in [-0.2, -0.15) is 0 Å². The Kier molecular flexibility index (Phi) is 14.7. The lowest BCUT2D eigenvalue weighted by Crippen LogP contribution is -2.57. The average molecular weight is 562 g/mol. The summed E-state index contributed by atoms with van der Waals surface area (Å²) in [6, 6.07) is -3.36. The normalized spacial score (nSPS) is 15.1. The summed E-state index contributed by atoms with van der Waals surface area (Å²) < 4.78 is 0. The number of hydrogen-bond acceptors (Lipinski definition) is 7. The second-order valence-electron chi connectivity index (χ2n) is 10.6. The Labute approximate surface area is 236 Å². The Hall–Kier alpha value is -3.71. The van der Waals surface area contributed by atoms with E-state index in [0.29, 0.717) is 25.7 Å². The summed E-state index contributed by atoms with van der Waals surface area (Å²) in [4.78, 5) is 86.1. The first kappa shape index (κ1) is 34.3. The summed E-state index contributed by atoms with van der Waals surface area (Å²) in [7, 11) is 1.38. The average Bonchev–Trinajstić information content (AvgIpc) is 3.18. The molecule has 0 aromatic carbocycles. The van der Waals surface area contributed by atoms with Gasteiger partial charge in [0.15, 0.2) is 7.85 Å². The van der Waals surface area contributed by atoms with Crippen molar-refractivity contribution >= 4 is 49.1 Å². The van der Waals surface area contributed by atoms with E-state index in [4.69, 9.17) is 5.73 Å². The number of hydrogen-bond donors (Lipinski definition) is 5. The van der Waals surface area contributed by atoms with Crippen molar-refractivity contribution in [3.05, 3.63) is 12.2 Å². The standard InChI is InChI=1S/C26H43BN6O7/c1-15(2)21(23(27)37)32-24(38)17(9-8-13-29-26(28)40)30-25(39)22(16(3)4)31-18(34)10-6-5-7-14-33-19(35)11-12-20(33)36/h11-12,15-17,21-22H,5-10,13-14,27H2,1-4H3,(H,30,39)(H,31,34)(H,32,38)(H3,28,29,40)/t17-,21?,22?/m0/s1. The van der Waals surface area contributed by atoms with Crippen LogP contribution in [0.25, 0.3) is 0 Å². The first-order valence-electron chi connectivity index (χ1n) is 13.7. The van der Waals surface area contributed by atoms with Crippen LogP contribution in [0, 0.1) is 11.8 Å². The Morgan fingerprint density at radius 2 is 1.43 bits per heavy atom. The molecule has 0 saturated carbocycles. The molecule has 1 rings (SSSR count). The number of rotatable bonds is 18. The topological polar surface area (TPSA) is 197 Å². The van der Waals surface area contributed by atoms with Crippen LogP contribution < -0.4 is 27.0 Å². The van der Waals surface area contributed by atoms with Gasteiger partial charge in [-0.15, -0.1) is 0 Å². The number of unbranched alkanes of at least 4 members (excludes halogenated alkanes) is 2. The zero-order valence-corrected chi connectivity index (χ0v) is 24.1. The molecule has 0 saturated heterocycles. The van der Waals surface area contributed by atoms with Crippen LogP contribution in [0.5, 0.6) is 0 Å². The van der Waals surface area contributed by atoms with Crippen molar-refractivity contribution in [2.75, 3.05) is 13.1 Å². The molecule has 0 aliphatic carbocycles. The van der Waals surface area contributed by atoms with E-state index in [-0.39, 0.29) is 61.2 Å². The van der Waals surface area contributed by atoms with Crippen molar-refractivity contribution in [1.82, 2.24) is 26.2 Å². The van der Waals surface area contributed by atoms with E-state index in [9.17, 15) is 33.6 Å². The van der Waals surface area contributed by atoms with Crippen molar-refractivity contribution in [1.29, 1.82) is 0 Å². The summed E-state index contributed by atoms with van der Waals surface area (Å²) >= 11 is 0. The molecule has 0 aromatic heterocycles. The lowest BCUT2D eigenvalue weighted by atomic mass is 9.87. The van der Waals surface area contributed by atoms with Gasteiger partial charge in [0.2, 0.25) is 17.7 Å². The molecule has 0 aromatic rings. The van der Waals surface area contributed by atoms with Crippen molar-refractivity contribution in [2.24, 2.45) is 17.6 Å². The van der Waals surface area contributed by atoms with E-state index in [1.54, 1.807) is 27.7 Å². The number of imide groups is 1. The van der Waals surface area contributed by atoms with Crippen LogP contribution in [0.2, 0.25) is 0 Å². The van der Waals surface area contributed by atoms with Crippen molar-refractivity contribution < 1.29 is 33.6 Å². The molecule has 0 bridgehead atoms. The van der Waals surface area contributed by atoms with Crippen molar-refractivity contribution in [2.45, 2.75) is 84.3 Å². The largest absolute Gasteiger partial charge is 0.352 e. The molecule has 0 spiro atoms. The Bertz CT molecular complexity index is 967. The predicted molar refractivity (Wildman–Crippen MR) is 150 cm³/mol. The lowest BCUT2D eigenvalue weighted by molar-refractivity contribution is -0.137. The fourth-order valence-electron chi connectivity index (χ4n) is 4.20. The number of nitrogens with one attached hydrogen (secondary N) is 4. The number of carbonyl (C=O) groups is 7. The van der Waals surface area contributed by atoms with E-state index < -0.39 is 36.0 Å². The van der Waals surface area contributed by atoms with E-state index in [2.05, 4.69) is 21.3 Å². The smallest absolute Gasteiger partial charge is 0.312 e. The fraction of sp³-hybridized carbons (Fsp3) is 0.654. The second-order valence-corrected chi connectivity index (χ2v) is 10.6. The molecule has 2 unspecified atom stereocenters. The summed E-state index contributed by atoms with van der Waals surface area (Å²) in [6.07, 6.45) is 4.76. The SMILES string of the molecule is BC(=O)C(NC(=O)[C@H](CCCNC(N)=O)NC(=O)C(NC(=O)CCCCCN1C(=O)C=CC1=O)C(C)C)C(C)C. The molecular formula is C26H43BN6O7. The number of carbonyl (C=O) groups excluding carboxylic acids is 7. The predicted octanol–water partition coefficient (Wildman–Crippen LogP) is -1.15. The van der Waals surface area contributed by atoms with E-state index in [0.717, 1.165) is 4.90 Å². The summed E-state index contributed by atoms with van der Waals surface area (Å²) in [5, 5.41) is 10.5. The zero-order valence-electron chi connectivity index (χ0n) is 24.1. The maximum atomic E-state index is 13.2. The molecule has 0 fully saturated rings. The van der Waals surface area contributed by atoms with Crippen LogP contribution in [0.4, 0.5) is 4.79 Å². The Balaban J connectivity index is 2.72. The van der Waals surface area contributed by atoms with E-state index in [1.165, 1.54) is 20.0 Å². The van der Waals surface area contributed by atoms with Gasteiger partial charge in [-0.1, -0.05) is 34.1 Å². The third-order valence-corrected chi connectivity index (χ3v) is 6.46. The van der Waals surface area contributed by atoms with Gasteiger partial charge >= 0.3 is 6.03 Å². The number of nitrogens with two attached hydrogens (primary N) is 1. The first-order valence-corrected chi connectivity index (χ1v) is 13.7. The molecular weight excluding hydrogens is 519 g/mol. The molecule has 40 heavy (non-hydrogen) atoms. The van der Waals surface area contributed by atoms with Crippen LogP contribution in [0.15, 0.2) is 12.2 Å². The molecule has 1 aliphatic rings.